The Balaban J connectivity index is 2.46. The molecule has 5 nitrogen and oxygen atoms in total. The van der Waals surface area contributed by atoms with Gasteiger partial charge in [0.2, 0.25) is 0 Å². The van der Waals surface area contributed by atoms with Crippen LogP contribution in [0.4, 0.5) is 4.79 Å². The van der Waals surface area contributed by atoms with Crippen LogP contribution in [0, 0.1) is 6.92 Å². The fraction of sp³-hybridized carbons (Fsp3) is 0.600. The first-order valence-corrected chi connectivity index (χ1v) is 11.5. The molecule has 0 radical (unpaired) electrons. The highest BCUT2D eigenvalue weighted by molar-refractivity contribution is 7.12. The highest BCUT2D eigenvalue weighted by atomic mass is 32.1. The minimum absolute atomic E-state index is 0.205. The zero-order valence-corrected chi connectivity index (χ0v) is 21.7. The van der Waals surface area contributed by atoms with Gasteiger partial charge in [-0.1, -0.05) is 41.5 Å². The van der Waals surface area contributed by atoms with Crippen molar-refractivity contribution in [2.75, 3.05) is 7.05 Å². The summed E-state index contributed by atoms with van der Waals surface area (Å²) in [6.45, 7) is 20.6. The van der Waals surface area contributed by atoms with Gasteiger partial charge in [0.25, 0.3) is 0 Å². The SMILES string of the molecule is Cc1sc(CN(C)C(=O)OC(C)(C)C)nc1-c1cc(C(C)(C)C)c(O)c(C(C)(C)C)c1. The summed E-state index contributed by atoms with van der Waals surface area (Å²) in [5.74, 6) is 0.363. The van der Waals surface area contributed by atoms with Crippen LogP contribution < -0.4 is 0 Å². The van der Waals surface area contributed by atoms with E-state index < -0.39 is 5.60 Å². The van der Waals surface area contributed by atoms with Gasteiger partial charge < -0.3 is 14.7 Å². The fourth-order valence-corrected chi connectivity index (χ4v) is 4.32. The molecular formula is C25H38N2O3S. The van der Waals surface area contributed by atoms with Crippen LogP contribution in [0.1, 0.15) is 83.3 Å². The molecule has 1 aromatic heterocycles. The first-order chi connectivity index (χ1) is 13.9. The minimum Gasteiger partial charge on any atom is -0.507 e. The van der Waals surface area contributed by atoms with Crippen molar-refractivity contribution in [2.24, 2.45) is 0 Å². The van der Waals surface area contributed by atoms with Crippen LogP contribution in [0.3, 0.4) is 0 Å². The molecule has 0 unspecified atom stereocenters. The first-order valence-electron chi connectivity index (χ1n) is 10.7. The Morgan fingerprint density at radius 3 is 1.94 bits per heavy atom. The molecule has 0 saturated carbocycles. The van der Waals surface area contributed by atoms with E-state index >= 15 is 0 Å². The number of carbonyl (C=O) groups excluding carboxylic acids is 1. The van der Waals surface area contributed by atoms with Crippen LogP contribution >= 0.6 is 11.3 Å². The number of phenols is 1. The molecule has 0 saturated heterocycles. The number of rotatable bonds is 3. The topological polar surface area (TPSA) is 62.7 Å². The summed E-state index contributed by atoms with van der Waals surface area (Å²) >= 11 is 1.58. The van der Waals surface area contributed by atoms with E-state index in [4.69, 9.17) is 9.72 Å². The average molecular weight is 447 g/mol. The quantitative estimate of drug-likeness (QED) is 0.564. The number of aryl methyl sites for hydroxylation is 1. The van der Waals surface area contributed by atoms with Gasteiger partial charge in [-0.05, 0) is 50.7 Å². The van der Waals surface area contributed by atoms with Crippen molar-refractivity contribution in [1.82, 2.24) is 9.88 Å². The number of nitrogens with zero attached hydrogens (tertiary/aromatic N) is 2. The zero-order chi connectivity index (χ0) is 23.9. The van der Waals surface area contributed by atoms with Crippen molar-refractivity contribution in [1.29, 1.82) is 0 Å². The molecule has 0 bridgehead atoms. The average Bonchev–Trinajstić information content (AvgIpc) is 2.91. The second-order valence-corrected chi connectivity index (χ2v) is 12.6. The Bertz CT molecular complexity index is 922. The lowest BCUT2D eigenvalue weighted by Gasteiger charge is -2.28. The number of hydrogen-bond acceptors (Lipinski definition) is 5. The van der Waals surface area contributed by atoms with Crippen LogP contribution in [0.15, 0.2) is 12.1 Å². The third-order valence-electron chi connectivity index (χ3n) is 4.92. The number of ether oxygens (including phenoxy) is 1. The molecule has 1 N–H and O–H groups in total. The number of amides is 1. The monoisotopic (exact) mass is 446 g/mol. The minimum atomic E-state index is -0.534. The maximum absolute atomic E-state index is 12.3. The van der Waals surface area contributed by atoms with Crippen molar-refractivity contribution < 1.29 is 14.6 Å². The smallest absolute Gasteiger partial charge is 0.410 e. The highest BCUT2D eigenvalue weighted by Gasteiger charge is 2.28. The Hall–Kier alpha value is -2.08. The van der Waals surface area contributed by atoms with E-state index in [-0.39, 0.29) is 16.9 Å². The molecular weight excluding hydrogens is 408 g/mol. The molecule has 0 spiro atoms. The van der Waals surface area contributed by atoms with Gasteiger partial charge in [0, 0.05) is 28.6 Å². The number of aromatic nitrogens is 1. The van der Waals surface area contributed by atoms with Gasteiger partial charge in [-0.15, -0.1) is 11.3 Å². The number of benzene rings is 1. The summed E-state index contributed by atoms with van der Waals surface area (Å²) < 4.78 is 5.45. The zero-order valence-electron chi connectivity index (χ0n) is 20.9. The first kappa shape index (κ1) is 25.2. The van der Waals surface area contributed by atoms with Gasteiger partial charge in [0.15, 0.2) is 0 Å². The predicted octanol–water partition coefficient (Wildman–Crippen LogP) is 6.79. The van der Waals surface area contributed by atoms with Gasteiger partial charge in [-0.25, -0.2) is 9.78 Å². The van der Waals surface area contributed by atoms with Gasteiger partial charge in [0.1, 0.15) is 16.4 Å². The van der Waals surface area contributed by atoms with Crippen molar-refractivity contribution in [3.05, 3.63) is 33.1 Å². The lowest BCUT2D eigenvalue weighted by molar-refractivity contribution is 0.0285. The normalized spacial score (nSPS) is 12.7. The summed E-state index contributed by atoms with van der Waals surface area (Å²) in [5.41, 5.74) is 2.77. The van der Waals surface area contributed by atoms with Crippen molar-refractivity contribution in [3.63, 3.8) is 0 Å². The van der Waals surface area contributed by atoms with Crippen LogP contribution in [0.2, 0.25) is 0 Å². The van der Waals surface area contributed by atoms with Crippen LogP contribution in [0.25, 0.3) is 11.3 Å². The molecule has 0 atom stereocenters. The van der Waals surface area contributed by atoms with E-state index in [0.717, 1.165) is 32.3 Å². The van der Waals surface area contributed by atoms with Gasteiger partial charge in [0.05, 0.1) is 12.2 Å². The standard InChI is InChI=1S/C25H38N2O3S/c1-15-20(26-19(31-15)14-27(11)22(29)30-25(8,9)10)16-12-17(23(2,3)4)21(28)18(13-16)24(5,6)7/h12-13,28H,14H2,1-11H3. The Morgan fingerprint density at radius 1 is 1.03 bits per heavy atom. The predicted molar refractivity (Wildman–Crippen MR) is 129 cm³/mol. The summed E-state index contributed by atoms with van der Waals surface area (Å²) in [4.78, 5) is 19.8. The molecule has 31 heavy (non-hydrogen) atoms. The molecule has 0 aliphatic heterocycles. The van der Waals surface area contributed by atoms with E-state index in [2.05, 4.69) is 41.5 Å². The molecule has 172 valence electrons. The molecule has 1 amide bonds. The van der Waals surface area contributed by atoms with E-state index in [0.29, 0.717) is 12.3 Å². The Morgan fingerprint density at radius 2 is 1.52 bits per heavy atom. The number of aromatic hydroxyl groups is 1. The van der Waals surface area contributed by atoms with E-state index in [1.165, 1.54) is 0 Å². The fourth-order valence-electron chi connectivity index (χ4n) is 3.31. The number of phenolic OH excluding ortho intramolecular Hbond substituents is 1. The number of hydrogen-bond donors (Lipinski definition) is 1. The third-order valence-corrected chi connectivity index (χ3v) is 5.87. The molecule has 0 fully saturated rings. The van der Waals surface area contributed by atoms with E-state index in [1.807, 2.05) is 39.8 Å². The molecule has 2 rings (SSSR count). The molecule has 1 aromatic carbocycles. The van der Waals surface area contributed by atoms with E-state index in [9.17, 15) is 9.90 Å². The second-order valence-electron chi connectivity index (χ2n) is 11.3. The summed E-state index contributed by atoms with van der Waals surface area (Å²) in [7, 11) is 1.72. The second kappa shape index (κ2) is 8.45. The lowest BCUT2D eigenvalue weighted by Crippen LogP contribution is -2.33. The van der Waals surface area contributed by atoms with E-state index in [1.54, 1.807) is 23.3 Å². The summed E-state index contributed by atoms with van der Waals surface area (Å²) in [5, 5.41) is 11.9. The molecule has 0 aliphatic rings. The van der Waals surface area contributed by atoms with Gasteiger partial charge in [-0.2, -0.15) is 0 Å². The van der Waals surface area contributed by atoms with Gasteiger partial charge >= 0.3 is 6.09 Å². The van der Waals surface area contributed by atoms with Crippen LogP contribution in [0.5, 0.6) is 5.75 Å². The van der Waals surface area contributed by atoms with Crippen molar-refractivity contribution >= 4 is 17.4 Å². The van der Waals surface area contributed by atoms with Crippen LogP contribution in [-0.4, -0.2) is 33.7 Å². The number of thiazole rings is 1. The molecule has 2 aromatic rings. The molecule has 0 aliphatic carbocycles. The maximum atomic E-state index is 12.3. The maximum Gasteiger partial charge on any atom is 0.410 e. The molecule has 1 heterocycles. The van der Waals surface area contributed by atoms with Crippen LogP contribution in [-0.2, 0) is 22.1 Å². The largest absolute Gasteiger partial charge is 0.507 e. The Labute approximate surface area is 191 Å². The third kappa shape index (κ3) is 6.22. The van der Waals surface area contributed by atoms with Crippen molar-refractivity contribution in [2.45, 2.75) is 92.2 Å². The van der Waals surface area contributed by atoms with Crippen molar-refractivity contribution in [3.8, 4) is 17.0 Å². The summed E-state index contributed by atoms with van der Waals surface area (Å²) in [6, 6.07) is 4.10. The summed E-state index contributed by atoms with van der Waals surface area (Å²) in [6.07, 6.45) is -0.364. The van der Waals surface area contributed by atoms with Gasteiger partial charge in [-0.3, -0.25) is 0 Å². The molecule has 6 heteroatoms. The Kier molecular flexibility index (Phi) is 6.87. The number of carbonyl (C=O) groups is 1. The highest BCUT2D eigenvalue weighted by Crippen LogP contribution is 2.42. The lowest BCUT2D eigenvalue weighted by atomic mass is 9.78.